The molecule has 1 aromatic rings. The molecule has 0 spiro atoms. The Morgan fingerprint density at radius 1 is 1.59 bits per heavy atom. The molecule has 0 aromatic carbocycles. The molecular weight excluding hydrogens is 262 g/mol. The zero-order valence-corrected chi connectivity index (χ0v) is 11.7. The highest BCUT2D eigenvalue weighted by Crippen LogP contribution is 2.27. The first kappa shape index (κ1) is 14.2. The van der Waals surface area contributed by atoms with E-state index in [0.29, 0.717) is 10.0 Å². The van der Waals surface area contributed by atoms with Crippen molar-refractivity contribution >= 4 is 34.0 Å². The van der Waals surface area contributed by atoms with E-state index in [4.69, 9.17) is 11.6 Å². The summed E-state index contributed by atoms with van der Waals surface area (Å²) in [6.45, 7) is 1.79. The lowest BCUT2D eigenvalue weighted by Crippen LogP contribution is -2.16. The van der Waals surface area contributed by atoms with Crippen LogP contribution in [0.25, 0.3) is 0 Å². The predicted molar refractivity (Wildman–Crippen MR) is 70.1 cm³/mol. The van der Waals surface area contributed by atoms with Crippen molar-refractivity contribution in [3.63, 3.8) is 0 Å². The van der Waals surface area contributed by atoms with Crippen molar-refractivity contribution in [1.29, 1.82) is 0 Å². The van der Waals surface area contributed by atoms with Gasteiger partial charge in [0.05, 0.1) is 7.11 Å². The molecule has 0 unspecified atom stereocenters. The quantitative estimate of drug-likeness (QED) is 0.636. The van der Waals surface area contributed by atoms with Crippen molar-refractivity contribution in [3.05, 3.63) is 10.0 Å². The predicted octanol–water partition coefficient (Wildman–Crippen LogP) is 1.95. The number of ether oxygens (including phenoxy) is 1. The molecule has 0 atom stereocenters. The van der Waals surface area contributed by atoms with Gasteiger partial charge < -0.3 is 15.0 Å². The third-order valence-electron chi connectivity index (χ3n) is 2.01. The summed E-state index contributed by atoms with van der Waals surface area (Å²) in [6, 6.07) is 0. The van der Waals surface area contributed by atoms with Gasteiger partial charge in [0.1, 0.15) is 0 Å². The van der Waals surface area contributed by atoms with Gasteiger partial charge in [-0.05, 0) is 27.1 Å². The minimum atomic E-state index is -0.450. The highest BCUT2D eigenvalue weighted by Gasteiger charge is 2.16. The second-order valence-corrected chi connectivity index (χ2v) is 5.07. The van der Waals surface area contributed by atoms with Crippen LogP contribution in [0.3, 0.4) is 0 Å². The number of esters is 1. The van der Waals surface area contributed by atoms with Crippen LogP contribution in [0.5, 0.6) is 0 Å². The molecule has 1 N–H and O–H groups in total. The number of carbonyl (C=O) groups excluding carboxylic acids is 1. The van der Waals surface area contributed by atoms with Gasteiger partial charge in [0.2, 0.25) is 0 Å². The molecule has 0 aliphatic rings. The van der Waals surface area contributed by atoms with E-state index < -0.39 is 5.97 Å². The smallest absolute Gasteiger partial charge is 0.351 e. The van der Waals surface area contributed by atoms with Crippen molar-refractivity contribution in [3.8, 4) is 0 Å². The largest absolute Gasteiger partial charge is 0.465 e. The molecule has 96 valence electrons. The SMILES string of the molecule is COC(=O)c1sc(NCCCN(C)C)nc1Cl. The van der Waals surface area contributed by atoms with E-state index in [1.807, 2.05) is 14.1 Å². The van der Waals surface area contributed by atoms with Gasteiger partial charge in [-0.2, -0.15) is 0 Å². The molecule has 0 aliphatic carbocycles. The number of methoxy groups -OCH3 is 1. The zero-order chi connectivity index (χ0) is 12.8. The summed E-state index contributed by atoms with van der Waals surface area (Å²) < 4.78 is 4.60. The van der Waals surface area contributed by atoms with Gasteiger partial charge in [-0.1, -0.05) is 22.9 Å². The number of hydrogen-bond donors (Lipinski definition) is 1. The molecular formula is C10H16ClN3O2S. The maximum atomic E-state index is 11.3. The summed E-state index contributed by atoms with van der Waals surface area (Å²) in [5.41, 5.74) is 0. The first-order valence-corrected chi connectivity index (χ1v) is 6.37. The maximum Gasteiger partial charge on any atom is 0.351 e. The van der Waals surface area contributed by atoms with Crippen LogP contribution in [0.1, 0.15) is 16.1 Å². The summed E-state index contributed by atoms with van der Waals surface area (Å²) in [5, 5.41) is 3.97. The van der Waals surface area contributed by atoms with Crippen molar-refractivity contribution in [2.75, 3.05) is 39.6 Å². The second kappa shape index (κ2) is 6.78. The third-order valence-corrected chi connectivity index (χ3v) is 3.39. The van der Waals surface area contributed by atoms with Gasteiger partial charge in [0.25, 0.3) is 0 Å². The maximum absolute atomic E-state index is 11.3. The minimum Gasteiger partial charge on any atom is -0.465 e. The molecule has 1 aromatic heterocycles. The van der Waals surface area contributed by atoms with Crippen LogP contribution in [0.4, 0.5) is 5.13 Å². The zero-order valence-electron chi connectivity index (χ0n) is 10.1. The van der Waals surface area contributed by atoms with Crippen LogP contribution < -0.4 is 5.32 Å². The van der Waals surface area contributed by atoms with Crippen LogP contribution in [-0.4, -0.2) is 50.1 Å². The van der Waals surface area contributed by atoms with Gasteiger partial charge in [-0.25, -0.2) is 9.78 Å². The Morgan fingerprint density at radius 2 is 2.29 bits per heavy atom. The Balaban J connectivity index is 2.47. The lowest BCUT2D eigenvalue weighted by atomic mass is 10.4. The summed E-state index contributed by atoms with van der Waals surface area (Å²) in [7, 11) is 5.37. The Hall–Kier alpha value is -0.850. The van der Waals surface area contributed by atoms with E-state index in [1.165, 1.54) is 18.4 Å². The highest BCUT2D eigenvalue weighted by molar-refractivity contribution is 7.18. The van der Waals surface area contributed by atoms with Crippen molar-refractivity contribution in [1.82, 2.24) is 9.88 Å². The normalized spacial score (nSPS) is 10.6. The molecule has 0 saturated carbocycles. The highest BCUT2D eigenvalue weighted by atomic mass is 35.5. The molecule has 0 amide bonds. The number of halogens is 1. The van der Waals surface area contributed by atoms with Crippen LogP contribution in [0.15, 0.2) is 0 Å². The first-order valence-electron chi connectivity index (χ1n) is 5.18. The van der Waals surface area contributed by atoms with Gasteiger partial charge >= 0.3 is 5.97 Å². The molecule has 17 heavy (non-hydrogen) atoms. The van der Waals surface area contributed by atoms with Crippen LogP contribution in [0.2, 0.25) is 5.15 Å². The number of nitrogens with zero attached hydrogens (tertiary/aromatic N) is 2. The summed E-state index contributed by atoms with van der Waals surface area (Å²) >= 11 is 7.04. The van der Waals surface area contributed by atoms with Crippen molar-refractivity contribution in [2.24, 2.45) is 0 Å². The lowest BCUT2D eigenvalue weighted by Gasteiger charge is -2.08. The van der Waals surface area contributed by atoms with Crippen molar-refractivity contribution < 1.29 is 9.53 Å². The Kier molecular flexibility index (Phi) is 5.67. The number of anilines is 1. The van der Waals surface area contributed by atoms with Gasteiger partial charge in [-0.15, -0.1) is 0 Å². The number of carbonyl (C=O) groups is 1. The molecule has 0 radical (unpaired) electrons. The van der Waals surface area contributed by atoms with Gasteiger partial charge in [0.15, 0.2) is 15.2 Å². The molecule has 0 aliphatic heterocycles. The Bertz CT molecular complexity index is 382. The standard InChI is InChI=1S/C10H16ClN3O2S/c1-14(2)6-4-5-12-10-13-8(11)7(17-10)9(15)16-3/h4-6H2,1-3H3,(H,12,13). The fourth-order valence-electron chi connectivity index (χ4n) is 1.19. The number of rotatable bonds is 6. The molecule has 1 rings (SSSR count). The lowest BCUT2D eigenvalue weighted by molar-refractivity contribution is 0.0606. The summed E-state index contributed by atoms with van der Waals surface area (Å²) in [5.74, 6) is -0.450. The molecule has 0 fully saturated rings. The van der Waals surface area contributed by atoms with Crippen LogP contribution >= 0.6 is 22.9 Å². The Morgan fingerprint density at radius 3 is 2.88 bits per heavy atom. The number of nitrogens with one attached hydrogen (secondary N) is 1. The van der Waals surface area contributed by atoms with E-state index in [-0.39, 0.29) is 5.15 Å². The fourth-order valence-corrected chi connectivity index (χ4v) is 2.31. The number of thiazole rings is 1. The topological polar surface area (TPSA) is 54.5 Å². The minimum absolute atomic E-state index is 0.192. The summed E-state index contributed by atoms with van der Waals surface area (Å²) in [4.78, 5) is 17.8. The van der Waals surface area contributed by atoms with E-state index in [2.05, 4.69) is 19.9 Å². The Labute approximate surface area is 110 Å². The first-order chi connectivity index (χ1) is 8.04. The van der Waals surface area contributed by atoms with Crippen LogP contribution in [0, 0.1) is 0 Å². The fraction of sp³-hybridized carbons (Fsp3) is 0.600. The second-order valence-electron chi connectivity index (χ2n) is 3.71. The van der Waals surface area contributed by atoms with E-state index in [0.717, 1.165) is 19.5 Å². The summed E-state index contributed by atoms with van der Waals surface area (Å²) in [6.07, 6.45) is 0.998. The number of hydrogen-bond acceptors (Lipinski definition) is 6. The number of aromatic nitrogens is 1. The van der Waals surface area contributed by atoms with Crippen LogP contribution in [-0.2, 0) is 4.74 Å². The van der Waals surface area contributed by atoms with E-state index in [9.17, 15) is 4.79 Å². The van der Waals surface area contributed by atoms with E-state index >= 15 is 0 Å². The van der Waals surface area contributed by atoms with Crippen molar-refractivity contribution in [2.45, 2.75) is 6.42 Å². The molecule has 1 heterocycles. The third kappa shape index (κ3) is 4.49. The average Bonchev–Trinajstić information content (AvgIpc) is 2.65. The van der Waals surface area contributed by atoms with E-state index in [1.54, 1.807) is 0 Å². The van der Waals surface area contributed by atoms with Gasteiger partial charge in [-0.3, -0.25) is 0 Å². The molecule has 5 nitrogen and oxygen atoms in total. The monoisotopic (exact) mass is 277 g/mol. The molecule has 0 bridgehead atoms. The average molecular weight is 278 g/mol. The van der Waals surface area contributed by atoms with Gasteiger partial charge in [0, 0.05) is 6.54 Å². The molecule has 7 heteroatoms. The molecule has 0 saturated heterocycles.